The number of hydrogen-bond donors (Lipinski definition) is 6. The maximum atomic E-state index is 13.1. The molecule has 0 saturated carbocycles. The molecular formula is C75H137NO8. The van der Waals surface area contributed by atoms with Gasteiger partial charge in [0.2, 0.25) is 5.91 Å². The van der Waals surface area contributed by atoms with Gasteiger partial charge in [-0.05, 0) is 70.6 Å². The zero-order valence-electron chi connectivity index (χ0n) is 54.9. The molecule has 1 rings (SSSR count). The van der Waals surface area contributed by atoms with Crippen LogP contribution >= 0.6 is 0 Å². The van der Waals surface area contributed by atoms with E-state index in [1.54, 1.807) is 6.08 Å². The van der Waals surface area contributed by atoms with Gasteiger partial charge in [0.15, 0.2) is 6.29 Å². The number of nitrogens with one attached hydrogen (secondary N) is 1. The van der Waals surface area contributed by atoms with Crippen molar-refractivity contribution >= 4 is 5.91 Å². The number of ether oxygens (including phenoxy) is 2. The first-order chi connectivity index (χ1) is 41.3. The molecule has 1 aliphatic rings. The van der Waals surface area contributed by atoms with E-state index < -0.39 is 49.5 Å². The summed E-state index contributed by atoms with van der Waals surface area (Å²) in [5.41, 5.74) is 0. The van der Waals surface area contributed by atoms with Crippen molar-refractivity contribution < 1.29 is 39.8 Å². The summed E-state index contributed by atoms with van der Waals surface area (Å²) in [6.07, 6.45) is 83.2. The Morgan fingerprint density at radius 1 is 0.417 bits per heavy atom. The maximum Gasteiger partial charge on any atom is 0.220 e. The highest BCUT2D eigenvalue weighted by atomic mass is 16.7. The molecule has 0 aromatic heterocycles. The molecule has 7 unspecified atom stereocenters. The van der Waals surface area contributed by atoms with Gasteiger partial charge in [0.05, 0.1) is 25.4 Å². The van der Waals surface area contributed by atoms with E-state index in [2.05, 4.69) is 79.9 Å². The topological polar surface area (TPSA) is 149 Å². The molecule has 9 heteroatoms. The Kier molecular flexibility index (Phi) is 60.3. The Morgan fingerprint density at radius 3 is 1.14 bits per heavy atom. The Labute approximate surface area is 519 Å². The highest BCUT2D eigenvalue weighted by Gasteiger charge is 2.44. The minimum atomic E-state index is -1.57. The summed E-state index contributed by atoms with van der Waals surface area (Å²) < 4.78 is 11.3. The summed E-state index contributed by atoms with van der Waals surface area (Å²) in [6.45, 7) is 3.69. The van der Waals surface area contributed by atoms with Gasteiger partial charge in [-0.15, -0.1) is 0 Å². The third kappa shape index (κ3) is 51.7. The molecule has 1 saturated heterocycles. The normalized spacial score (nSPS) is 18.6. The van der Waals surface area contributed by atoms with Gasteiger partial charge in [-0.3, -0.25) is 4.79 Å². The monoisotopic (exact) mass is 1180 g/mol. The molecule has 1 fully saturated rings. The fourth-order valence-corrected chi connectivity index (χ4v) is 11.4. The van der Waals surface area contributed by atoms with Crippen molar-refractivity contribution in [1.82, 2.24) is 5.32 Å². The van der Waals surface area contributed by atoms with Crippen LogP contribution in [0.4, 0.5) is 0 Å². The van der Waals surface area contributed by atoms with E-state index in [0.29, 0.717) is 6.42 Å². The SMILES string of the molecule is CC/C=C\C/C=C\C/C=C\C/C=C\CCCCCCCCCCCCCCCCCCCCCCCCCCCCCCC(=O)NC(COC1OC(CO)C(O)C(O)C1O)C(O)/C=C/CC/C=C/CCCCCCCCCCCCCCCC. The van der Waals surface area contributed by atoms with Crippen molar-refractivity contribution in [2.45, 2.75) is 384 Å². The molecule has 0 bridgehead atoms. The number of amides is 1. The summed E-state index contributed by atoms with van der Waals surface area (Å²) in [5, 5.41) is 54.7. The first-order valence-corrected chi connectivity index (χ1v) is 36.2. The van der Waals surface area contributed by atoms with Crippen LogP contribution < -0.4 is 5.32 Å². The van der Waals surface area contributed by atoms with E-state index >= 15 is 0 Å². The lowest BCUT2D eigenvalue weighted by atomic mass is 9.99. The molecule has 1 aliphatic heterocycles. The zero-order valence-corrected chi connectivity index (χ0v) is 54.9. The Balaban J connectivity index is 2.05. The van der Waals surface area contributed by atoms with Crippen LogP contribution in [0.25, 0.3) is 0 Å². The number of aliphatic hydroxyl groups excluding tert-OH is 5. The van der Waals surface area contributed by atoms with Crippen LogP contribution in [0.1, 0.15) is 341 Å². The number of rotatable bonds is 63. The molecule has 1 amide bonds. The second kappa shape index (κ2) is 63.6. The van der Waals surface area contributed by atoms with Crippen LogP contribution in [0.5, 0.6) is 0 Å². The standard InChI is InChI=1S/C75H137NO8/c1-3-5-7-9-11-13-15-17-19-21-23-25-26-27-28-29-30-31-32-33-34-35-36-37-38-39-40-41-42-43-44-45-47-49-51-53-55-57-59-61-63-65-71(79)76-68(67-83-75-74(82)73(81)72(80)70(66-77)84-75)69(78)64-62-60-58-56-54-52-50-48-46-24-22-20-18-16-14-12-10-8-6-4-2/h5,7,11,13,17,19,23,25,54,56,62,64,68-70,72-75,77-78,80-82H,3-4,6,8-10,12,14-16,18,20-22,24,26-53,55,57-61,63,65-67H2,1-2H3,(H,76,79)/b7-5-,13-11-,19-17-,25-23-,56-54+,64-62+. The van der Waals surface area contributed by atoms with E-state index in [9.17, 15) is 30.3 Å². The average Bonchev–Trinajstić information content (AvgIpc) is 3.70. The number of unbranched alkanes of at least 4 members (excludes halogenated alkanes) is 43. The number of carbonyl (C=O) groups excluding carboxylic acids is 1. The zero-order chi connectivity index (χ0) is 60.7. The molecular weight excluding hydrogens is 1040 g/mol. The second-order valence-corrected chi connectivity index (χ2v) is 25.0. The second-order valence-electron chi connectivity index (χ2n) is 25.0. The van der Waals surface area contributed by atoms with Gasteiger partial charge in [-0.2, -0.15) is 0 Å². The van der Waals surface area contributed by atoms with Crippen molar-refractivity contribution in [3.63, 3.8) is 0 Å². The molecule has 0 spiro atoms. The minimum absolute atomic E-state index is 0.181. The predicted molar refractivity (Wildman–Crippen MR) is 359 cm³/mol. The van der Waals surface area contributed by atoms with Crippen molar-refractivity contribution in [1.29, 1.82) is 0 Å². The van der Waals surface area contributed by atoms with E-state index in [1.807, 2.05) is 6.08 Å². The quantitative estimate of drug-likeness (QED) is 0.0261. The van der Waals surface area contributed by atoms with Crippen LogP contribution in [0.3, 0.4) is 0 Å². The molecule has 84 heavy (non-hydrogen) atoms. The molecule has 7 atom stereocenters. The van der Waals surface area contributed by atoms with E-state index in [4.69, 9.17) is 9.47 Å². The van der Waals surface area contributed by atoms with E-state index in [-0.39, 0.29) is 12.5 Å². The Morgan fingerprint density at radius 2 is 0.750 bits per heavy atom. The van der Waals surface area contributed by atoms with Crippen molar-refractivity contribution in [2.75, 3.05) is 13.2 Å². The Bertz CT molecular complexity index is 1560. The Hall–Kier alpha value is -2.37. The third-order valence-corrected chi connectivity index (χ3v) is 17.0. The van der Waals surface area contributed by atoms with Crippen LogP contribution in [-0.4, -0.2) is 87.5 Å². The summed E-state index contributed by atoms with van der Waals surface area (Å²) in [5.74, 6) is -0.181. The van der Waals surface area contributed by atoms with Gasteiger partial charge < -0.3 is 40.3 Å². The number of aliphatic hydroxyl groups is 5. The minimum Gasteiger partial charge on any atom is -0.394 e. The van der Waals surface area contributed by atoms with Crippen LogP contribution in [0, 0.1) is 0 Å². The fourth-order valence-electron chi connectivity index (χ4n) is 11.4. The third-order valence-electron chi connectivity index (χ3n) is 17.0. The fraction of sp³-hybridized carbons (Fsp3) is 0.827. The van der Waals surface area contributed by atoms with Crippen molar-refractivity contribution in [2.24, 2.45) is 0 Å². The molecule has 0 radical (unpaired) electrons. The number of hydrogen-bond acceptors (Lipinski definition) is 8. The first kappa shape index (κ1) is 79.6. The lowest BCUT2D eigenvalue weighted by Gasteiger charge is -2.40. The van der Waals surface area contributed by atoms with E-state index in [0.717, 1.165) is 64.2 Å². The average molecular weight is 1180 g/mol. The number of carbonyl (C=O) groups is 1. The summed E-state index contributed by atoms with van der Waals surface area (Å²) in [6, 6.07) is -0.823. The molecule has 0 aromatic rings. The van der Waals surface area contributed by atoms with Gasteiger partial charge in [0.25, 0.3) is 0 Å². The van der Waals surface area contributed by atoms with Crippen molar-refractivity contribution in [3.8, 4) is 0 Å². The molecule has 9 nitrogen and oxygen atoms in total. The molecule has 490 valence electrons. The predicted octanol–water partition coefficient (Wildman–Crippen LogP) is 19.9. The van der Waals surface area contributed by atoms with E-state index in [1.165, 1.54) is 257 Å². The van der Waals surface area contributed by atoms with Crippen molar-refractivity contribution in [3.05, 3.63) is 72.9 Å². The molecule has 0 aliphatic carbocycles. The molecule has 0 aromatic carbocycles. The summed E-state index contributed by atoms with van der Waals surface area (Å²) in [7, 11) is 0. The van der Waals surface area contributed by atoms with Crippen LogP contribution in [0.15, 0.2) is 72.9 Å². The summed E-state index contributed by atoms with van der Waals surface area (Å²) in [4.78, 5) is 13.1. The lowest BCUT2D eigenvalue weighted by Crippen LogP contribution is -2.60. The lowest BCUT2D eigenvalue weighted by molar-refractivity contribution is -0.302. The van der Waals surface area contributed by atoms with Gasteiger partial charge >= 0.3 is 0 Å². The van der Waals surface area contributed by atoms with Gasteiger partial charge in [-0.1, -0.05) is 337 Å². The first-order valence-electron chi connectivity index (χ1n) is 36.2. The highest BCUT2D eigenvalue weighted by molar-refractivity contribution is 5.76. The smallest absolute Gasteiger partial charge is 0.220 e. The van der Waals surface area contributed by atoms with Crippen LogP contribution in [0.2, 0.25) is 0 Å². The van der Waals surface area contributed by atoms with Gasteiger partial charge in [-0.25, -0.2) is 0 Å². The molecule has 6 N–H and O–H groups in total. The van der Waals surface area contributed by atoms with Gasteiger partial charge in [0, 0.05) is 6.42 Å². The maximum absolute atomic E-state index is 13.1. The van der Waals surface area contributed by atoms with Crippen LogP contribution in [-0.2, 0) is 14.3 Å². The summed E-state index contributed by atoms with van der Waals surface area (Å²) >= 11 is 0. The molecule has 1 heterocycles. The highest BCUT2D eigenvalue weighted by Crippen LogP contribution is 2.23. The number of allylic oxidation sites excluding steroid dienone is 11. The van der Waals surface area contributed by atoms with Gasteiger partial charge in [0.1, 0.15) is 24.4 Å². The largest absolute Gasteiger partial charge is 0.394 e.